The molecule has 1 amide bonds. The van der Waals surface area contributed by atoms with Crippen molar-refractivity contribution in [3.05, 3.63) is 23.9 Å². The lowest BCUT2D eigenvalue weighted by Crippen LogP contribution is -2.52. The number of hydrogen-bond donors (Lipinski definition) is 2. The standard InChI is InChI=1S/C28H39F3N2O3/c1-3-36-16-27(35)13-11-18-17(15-27)6-7-20-19(18)10-12-26(2)21(20)8-9-23(26)25(34)33-24-22(28(29,30)31)5-4-14-32-24/h4-5,14,17-21,23,35H,3,6-13,15-16H2,1-2H3,(H,32,33,34)/t17-,18+,19-,20-,21+,23-,26+,27-/m1/s1. The summed E-state index contributed by atoms with van der Waals surface area (Å²) in [5.41, 5.74) is -1.80. The zero-order valence-electron chi connectivity index (χ0n) is 21.3. The van der Waals surface area contributed by atoms with Gasteiger partial charge in [0.1, 0.15) is 5.82 Å². The van der Waals surface area contributed by atoms with E-state index in [-0.39, 0.29) is 17.2 Å². The predicted octanol–water partition coefficient (Wildman–Crippen LogP) is 6.08. The Bertz CT molecular complexity index is 972. The zero-order valence-corrected chi connectivity index (χ0v) is 21.3. The second-order valence-electron chi connectivity index (χ2n) is 12.1. The van der Waals surface area contributed by atoms with Crippen LogP contribution in [0.15, 0.2) is 18.3 Å². The third kappa shape index (κ3) is 4.57. The monoisotopic (exact) mass is 508 g/mol. The summed E-state index contributed by atoms with van der Waals surface area (Å²) < 4.78 is 45.9. The Kier molecular flexibility index (Phi) is 6.90. The molecule has 0 saturated heterocycles. The molecule has 0 bridgehead atoms. The minimum atomic E-state index is -4.56. The first-order chi connectivity index (χ1) is 17.1. The van der Waals surface area contributed by atoms with Crippen LogP contribution in [0.4, 0.5) is 19.0 Å². The molecule has 8 atom stereocenters. The number of fused-ring (bicyclic) bond motifs is 5. The molecule has 0 spiro atoms. The summed E-state index contributed by atoms with van der Waals surface area (Å²) in [6.07, 6.45) is 5.23. The van der Waals surface area contributed by atoms with E-state index < -0.39 is 23.2 Å². The molecule has 2 N–H and O–H groups in total. The maximum Gasteiger partial charge on any atom is 0.419 e. The van der Waals surface area contributed by atoms with E-state index in [9.17, 15) is 23.1 Å². The average molecular weight is 509 g/mol. The predicted molar refractivity (Wildman–Crippen MR) is 130 cm³/mol. The van der Waals surface area contributed by atoms with Crippen molar-refractivity contribution in [2.75, 3.05) is 18.5 Å². The van der Waals surface area contributed by atoms with Gasteiger partial charge in [0.15, 0.2) is 0 Å². The van der Waals surface area contributed by atoms with Crippen molar-refractivity contribution in [1.29, 1.82) is 0 Å². The molecule has 5 rings (SSSR count). The molecule has 4 fully saturated rings. The highest BCUT2D eigenvalue weighted by Gasteiger charge is 2.59. The van der Waals surface area contributed by atoms with Crippen molar-refractivity contribution in [1.82, 2.24) is 4.98 Å². The number of carbonyl (C=O) groups is 1. The van der Waals surface area contributed by atoms with E-state index >= 15 is 0 Å². The van der Waals surface area contributed by atoms with Crippen LogP contribution in [-0.4, -0.2) is 34.8 Å². The summed E-state index contributed by atoms with van der Waals surface area (Å²) in [6.45, 7) is 5.20. The van der Waals surface area contributed by atoms with Crippen LogP contribution in [0, 0.1) is 40.9 Å². The first-order valence-corrected chi connectivity index (χ1v) is 13.7. The van der Waals surface area contributed by atoms with Gasteiger partial charge in [-0.1, -0.05) is 6.92 Å². The number of aliphatic hydroxyl groups is 1. The number of carbonyl (C=O) groups excluding carboxylic acids is 1. The second kappa shape index (κ2) is 9.57. The van der Waals surface area contributed by atoms with Gasteiger partial charge in [-0.2, -0.15) is 13.2 Å². The van der Waals surface area contributed by atoms with Crippen molar-refractivity contribution in [2.24, 2.45) is 40.9 Å². The molecular formula is C28H39F3N2O3. The third-order valence-corrected chi connectivity index (χ3v) is 10.4. The molecule has 8 heteroatoms. The van der Waals surface area contributed by atoms with Crippen LogP contribution in [0.3, 0.4) is 0 Å². The number of anilines is 1. The smallest absolute Gasteiger partial charge is 0.387 e. The maximum absolute atomic E-state index is 13.4. The largest absolute Gasteiger partial charge is 0.419 e. The topological polar surface area (TPSA) is 71.5 Å². The number of nitrogens with one attached hydrogen (secondary N) is 1. The van der Waals surface area contributed by atoms with Crippen molar-refractivity contribution in [3.63, 3.8) is 0 Å². The Labute approximate surface area is 211 Å². The van der Waals surface area contributed by atoms with Gasteiger partial charge in [-0.15, -0.1) is 0 Å². The summed E-state index contributed by atoms with van der Waals surface area (Å²) in [7, 11) is 0. The number of aromatic nitrogens is 1. The Morgan fingerprint density at radius 3 is 2.67 bits per heavy atom. The van der Waals surface area contributed by atoms with Gasteiger partial charge in [-0.05, 0) is 112 Å². The molecule has 4 aliphatic carbocycles. The number of ether oxygens (including phenoxy) is 1. The highest BCUT2D eigenvalue weighted by molar-refractivity contribution is 5.93. The van der Waals surface area contributed by atoms with Crippen LogP contribution in [0.2, 0.25) is 0 Å². The Balaban J connectivity index is 1.28. The van der Waals surface area contributed by atoms with E-state index in [4.69, 9.17) is 4.74 Å². The van der Waals surface area contributed by atoms with Crippen molar-refractivity contribution in [2.45, 2.75) is 83.4 Å². The minimum absolute atomic E-state index is 0.199. The van der Waals surface area contributed by atoms with Gasteiger partial charge in [0, 0.05) is 18.7 Å². The fourth-order valence-corrected chi connectivity index (χ4v) is 8.75. The van der Waals surface area contributed by atoms with Gasteiger partial charge in [0.25, 0.3) is 0 Å². The summed E-state index contributed by atoms with van der Waals surface area (Å²) >= 11 is 0. The van der Waals surface area contributed by atoms with Crippen LogP contribution in [0.5, 0.6) is 0 Å². The summed E-state index contributed by atoms with van der Waals surface area (Å²) in [4.78, 5) is 17.2. The quantitative estimate of drug-likeness (QED) is 0.506. The molecular weight excluding hydrogens is 469 g/mol. The molecule has 4 saturated carbocycles. The van der Waals surface area contributed by atoms with Gasteiger partial charge in [-0.25, -0.2) is 4.98 Å². The normalized spacial score (nSPS) is 40.2. The van der Waals surface area contributed by atoms with Crippen LogP contribution in [0.1, 0.15) is 77.2 Å². The molecule has 0 unspecified atom stereocenters. The number of amides is 1. The Morgan fingerprint density at radius 1 is 1.14 bits per heavy atom. The minimum Gasteiger partial charge on any atom is -0.387 e. The fraction of sp³-hybridized carbons (Fsp3) is 0.786. The van der Waals surface area contributed by atoms with E-state index in [1.807, 2.05) is 6.92 Å². The number of alkyl halides is 3. The summed E-state index contributed by atoms with van der Waals surface area (Å²) in [6, 6.07) is 2.21. The molecule has 1 aromatic heterocycles. The molecule has 1 aromatic rings. The first-order valence-electron chi connectivity index (χ1n) is 13.7. The summed E-state index contributed by atoms with van der Waals surface area (Å²) in [5.74, 6) is 1.73. The number of nitrogens with zero attached hydrogens (tertiary/aromatic N) is 1. The lowest BCUT2D eigenvalue weighted by molar-refractivity contribution is -0.137. The van der Waals surface area contributed by atoms with Gasteiger partial charge in [0.05, 0.1) is 17.8 Å². The number of rotatable bonds is 5. The lowest BCUT2D eigenvalue weighted by atomic mass is 9.49. The van der Waals surface area contributed by atoms with Gasteiger partial charge >= 0.3 is 6.18 Å². The number of hydrogen-bond acceptors (Lipinski definition) is 4. The van der Waals surface area contributed by atoms with Crippen molar-refractivity contribution >= 4 is 11.7 Å². The van der Waals surface area contributed by atoms with E-state index in [0.717, 1.165) is 57.4 Å². The molecule has 1 heterocycles. The highest BCUT2D eigenvalue weighted by atomic mass is 19.4. The van der Waals surface area contributed by atoms with E-state index in [1.165, 1.54) is 12.3 Å². The molecule has 200 valence electrons. The number of pyridine rings is 1. The molecule has 0 radical (unpaired) electrons. The highest BCUT2D eigenvalue weighted by Crippen LogP contribution is 2.64. The zero-order chi connectivity index (χ0) is 25.7. The van der Waals surface area contributed by atoms with Gasteiger partial charge < -0.3 is 15.2 Å². The second-order valence-corrected chi connectivity index (χ2v) is 12.1. The van der Waals surface area contributed by atoms with Crippen LogP contribution in [0.25, 0.3) is 0 Å². The first kappa shape index (κ1) is 26.0. The molecule has 0 aliphatic heterocycles. The molecule has 0 aromatic carbocycles. The SMILES string of the molecule is CCOC[C@@]1(O)CC[C@H]2[C@H](CC[C@@H]3[C@@H]2CC[C@]2(C)[C@@H](C(=O)Nc4ncccc4C(F)(F)F)CC[C@@H]32)C1. The molecule has 4 aliphatic rings. The van der Waals surface area contributed by atoms with E-state index in [1.54, 1.807) is 0 Å². The lowest BCUT2D eigenvalue weighted by Gasteiger charge is -2.57. The molecule has 36 heavy (non-hydrogen) atoms. The average Bonchev–Trinajstić information content (AvgIpc) is 3.19. The third-order valence-electron chi connectivity index (χ3n) is 10.4. The summed E-state index contributed by atoms with van der Waals surface area (Å²) in [5, 5.41) is 13.6. The van der Waals surface area contributed by atoms with Crippen LogP contribution >= 0.6 is 0 Å². The Hall–Kier alpha value is -1.67. The fourth-order valence-electron chi connectivity index (χ4n) is 8.75. The van der Waals surface area contributed by atoms with Gasteiger partial charge in [0.2, 0.25) is 5.91 Å². The maximum atomic E-state index is 13.4. The van der Waals surface area contributed by atoms with E-state index in [2.05, 4.69) is 17.2 Å². The van der Waals surface area contributed by atoms with Crippen molar-refractivity contribution in [3.8, 4) is 0 Å². The van der Waals surface area contributed by atoms with Crippen LogP contribution in [-0.2, 0) is 15.7 Å². The Morgan fingerprint density at radius 2 is 1.92 bits per heavy atom. The number of halogens is 3. The van der Waals surface area contributed by atoms with E-state index in [0.29, 0.717) is 49.2 Å². The van der Waals surface area contributed by atoms with Gasteiger partial charge in [-0.3, -0.25) is 4.79 Å². The van der Waals surface area contributed by atoms with Crippen molar-refractivity contribution < 1.29 is 27.8 Å². The van der Waals surface area contributed by atoms with Crippen LogP contribution < -0.4 is 5.32 Å². The molecule has 5 nitrogen and oxygen atoms in total.